The van der Waals surface area contributed by atoms with Crippen LogP contribution < -0.4 is 10.6 Å². The van der Waals surface area contributed by atoms with E-state index >= 15 is 0 Å². The zero-order valence-electron chi connectivity index (χ0n) is 8.23. The quantitative estimate of drug-likeness (QED) is 0.670. The van der Waals surface area contributed by atoms with E-state index in [1.807, 2.05) is 0 Å². The maximum Gasteiger partial charge on any atom is 0.0861 e. The Kier molecular flexibility index (Phi) is 2.56. The standard InChI is InChI=1S/C10H18N2S/c1-3-9-8(2)12-10(13-9)4-6-11-7-5-10/h9,11-12H,2-7H2,1H3. The summed E-state index contributed by atoms with van der Waals surface area (Å²) in [5.74, 6) is 0. The lowest BCUT2D eigenvalue weighted by molar-refractivity contribution is 0.384. The molecule has 0 aliphatic carbocycles. The number of hydrogen-bond donors (Lipinski definition) is 2. The maximum absolute atomic E-state index is 4.10. The van der Waals surface area contributed by atoms with E-state index in [4.69, 9.17) is 0 Å². The predicted octanol–water partition coefficient (Wildman–Crippen LogP) is 1.69. The molecule has 2 heterocycles. The van der Waals surface area contributed by atoms with Crippen molar-refractivity contribution in [1.82, 2.24) is 10.6 Å². The van der Waals surface area contributed by atoms with Crippen molar-refractivity contribution in [2.45, 2.75) is 36.3 Å². The molecule has 13 heavy (non-hydrogen) atoms. The van der Waals surface area contributed by atoms with E-state index in [9.17, 15) is 0 Å². The van der Waals surface area contributed by atoms with Gasteiger partial charge in [-0.25, -0.2) is 0 Å². The first-order valence-electron chi connectivity index (χ1n) is 5.11. The zero-order valence-corrected chi connectivity index (χ0v) is 9.04. The van der Waals surface area contributed by atoms with Crippen LogP contribution >= 0.6 is 11.8 Å². The van der Waals surface area contributed by atoms with Crippen molar-refractivity contribution in [3.63, 3.8) is 0 Å². The number of rotatable bonds is 1. The van der Waals surface area contributed by atoms with E-state index in [2.05, 4.69) is 35.9 Å². The molecule has 74 valence electrons. The molecule has 0 aromatic rings. The zero-order chi connectivity index (χ0) is 9.31. The maximum atomic E-state index is 4.10. The van der Waals surface area contributed by atoms with Crippen LogP contribution in [0, 0.1) is 0 Å². The summed E-state index contributed by atoms with van der Waals surface area (Å²) in [6, 6.07) is 0. The van der Waals surface area contributed by atoms with Crippen LogP contribution in [0.25, 0.3) is 0 Å². The van der Waals surface area contributed by atoms with Crippen LogP contribution in [-0.2, 0) is 0 Å². The minimum Gasteiger partial charge on any atom is -0.373 e. The average Bonchev–Trinajstić information content (AvgIpc) is 2.44. The second-order valence-electron chi connectivity index (χ2n) is 3.91. The predicted molar refractivity (Wildman–Crippen MR) is 58.8 cm³/mol. The number of thioether (sulfide) groups is 1. The fourth-order valence-electron chi connectivity index (χ4n) is 2.15. The van der Waals surface area contributed by atoms with Crippen LogP contribution in [0.1, 0.15) is 26.2 Å². The highest BCUT2D eigenvalue weighted by molar-refractivity contribution is 8.01. The smallest absolute Gasteiger partial charge is 0.0861 e. The molecule has 0 amide bonds. The van der Waals surface area contributed by atoms with Gasteiger partial charge in [0, 0.05) is 10.9 Å². The van der Waals surface area contributed by atoms with Crippen molar-refractivity contribution < 1.29 is 0 Å². The van der Waals surface area contributed by atoms with Crippen molar-refractivity contribution in [3.8, 4) is 0 Å². The van der Waals surface area contributed by atoms with Gasteiger partial charge in [-0.3, -0.25) is 0 Å². The van der Waals surface area contributed by atoms with E-state index in [-0.39, 0.29) is 0 Å². The Balaban J connectivity index is 2.05. The Morgan fingerprint density at radius 3 is 2.77 bits per heavy atom. The van der Waals surface area contributed by atoms with Gasteiger partial charge in [-0.05, 0) is 32.4 Å². The lowest BCUT2D eigenvalue weighted by atomic mass is 10.1. The minimum atomic E-state index is 0.322. The Hall–Kier alpha value is -0.150. The van der Waals surface area contributed by atoms with E-state index in [0.29, 0.717) is 10.1 Å². The van der Waals surface area contributed by atoms with Gasteiger partial charge < -0.3 is 10.6 Å². The fraction of sp³-hybridized carbons (Fsp3) is 0.800. The molecule has 1 unspecified atom stereocenters. The number of nitrogens with one attached hydrogen (secondary N) is 2. The fourth-order valence-corrected chi connectivity index (χ4v) is 3.69. The van der Waals surface area contributed by atoms with Crippen molar-refractivity contribution in [2.24, 2.45) is 0 Å². The molecule has 2 N–H and O–H groups in total. The Bertz CT molecular complexity index is 209. The van der Waals surface area contributed by atoms with Crippen LogP contribution in [0.15, 0.2) is 12.3 Å². The highest BCUT2D eigenvalue weighted by Gasteiger charge is 2.41. The summed E-state index contributed by atoms with van der Waals surface area (Å²) in [4.78, 5) is 0.322. The first kappa shape index (κ1) is 9.41. The summed E-state index contributed by atoms with van der Waals surface area (Å²) >= 11 is 2.09. The molecule has 2 rings (SSSR count). The largest absolute Gasteiger partial charge is 0.373 e. The SMILES string of the molecule is C=C1NC2(CCNCC2)SC1CC. The molecule has 2 saturated heterocycles. The molecule has 2 aliphatic heterocycles. The van der Waals surface area contributed by atoms with E-state index in [1.165, 1.54) is 25.0 Å². The molecule has 3 heteroatoms. The van der Waals surface area contributed by atoms with Crippen LogP contribution in [0.4, 0.5) is 0 Å². The van der Waals surface area contributed by atoms with Crippen molar-refractivity contribution in [2.75, 3.05) is 13.1 Å². The molecule has 1 atom stereocenters. The minimum absolute atomic E-state index is 0.322. The molecule has 1 spiro atoms. The molecule has 0 bridgehead atoms. The first-order chi connectivity index (χ1) is 6.26. The first-order valence-corrected chi connectivity index (χ1v) is 5.99. The molecule has 0 saturated carbocycles. The van der Waals surface area contributed by atoms with Gasteiger partial charge in [0.2, 0.25) is 0 Å². The monoisotopic (exact) mass is 198 g/mol. The number of hydrogen-bond acceptors (Lipinski definition) is 3. The third kappa shape index (κ3) is 1.72. The van der Waals surface area contributed by atoms with Gasteiger partial charge in [-0.2, -0.15) is 0 Å². The van der Waals surface area contributed by atoms with Crippen LogP contribution in [0.2, 0.25) is 0 Å². The molecule has 0 radical (unpaired) electrons. The molecular weight excluding hydrogens is 180 g/mol. The van der Waals surface area contributed by atoms with Gasteiger partial charge in [0.25, 0.3) is 0 Å². The number of piperidine rings is 1. The van der Waals surface area contributed by atoms with Gasteiger partial charge in [-0.15, -0.1) is 11.8 Å². The third-order valence-electron chi connectivity index (χ3n) is 2.93. The Morgan fingerprint density at radius 1 is 1.54 bits per heavy atom. The van der Waals surface area contributed by atoms with E-state index in [0.717, 1.165) is 13.1 Å². The van der Waals surface area contributed by atoms with E-state index < -0.39 is 0 Å². The summed E-state index contributed by atoms with van der Waals surface area (Å²) in [5, 5.41) is 7.64. The molecule has 0 aromatic carbocycles. The van der Waals surface area contributed by atoms with Crippen LogP contribution in [0.5, 0.6) is 0 Å². The molecule has 2 aliphatic rings. The molecular formula is C10H18N2S. The van der Waals surface area contributed by atoms with Crippen LogP contribution in [-0.4, -0.2) is 23.2 Å². The van der Waals surface area contributed by atoms with Gasteiger partial charge in [0.15, 0.2) is 0 Å². The van der Waals surface area contributed by atoms with Crippen LogP contribution in [0.3, 0.4) is 0 Å². The topological polar surface area (TPSA) is 24.1 Å². The lowest BCUT2D eigenvalue weighted by Crippen LogP contribution is -2.45. The average molecular weight is 198 g/mol. The van der Waals surface area contributed by atoms with Gasteiger partial charge in [-0.1, -0.05) is 13.5 Å². The van der Waals surface area contributed by atoms with Gasteiger partial charge >= 0.3 is 0 Å². The summed E-state index contributed by atoms with van der Waals surface area (Å²) in [6.45, 7) is 8.63. The normalized spacial score (nSPS) is 32.1. The molecule has 2 nitrogen and oxygen atoms in total. The summed E-state index contributed by atoms with van der Waals surface area (Å²) in [5.41, 5.74) is 1.24. The highest BCUT2D eigenvalue weighted by atomic mass is 32.2. The van der Waals surface area contributed by atoms with Crippen molar-refractivity contribution >= 4 is 11.8 Å². The molecule has 2 fully saturated rings. The second-order valence-corrected chi connectivity index (χ2v) is 5.50. The summed E-state index contributed by atoms with van der Waals surface area (Å²) in [7, 11) is 0. The second kappa shape index (κ2) is 3.54. The Labute approximate surface area is 84.5 Å². The van der Waals surface area contributed by atoms with Gasteiger partial charge in [0.05, 0.1) is 4.87 Å². The van der Waals surface area contributed by atoms with E-state index in [1.54, 1.807) is 0 Å². The lowest BCUT2D eigenvalue weighted by Gasteiger charge is -2.33. The van der Waals surface area contributed by atoms with Crippen molar-refractivity contribution in [1.29, 1.82) is 0 Å². The molecule has 0 aromatic heterocycles. The Morgan fingerprint density at radius 2 is 2.23 bits per heavy atom. The van der Waals surface area contributed by atoms with Crippen molar-refractivity contribution in [3.05, 3.63) is 12.3 Å². The summed E-state index contributed by atoms with van der Waals surface area (Å²) in [6.07, 6.45) is 3.66. The highest BCUT2D eigenvalue weighted by Crippen LogP contribution is 2.44. The van der Waals surface area contributed by atoms with Gasteiger partial charge in [0.1, 0.15) is 0 Å². The summed E-state index contributed by atoms with van der Waals surface area (Å²) < 4.78 is 0. The third-order valence-corrected chi connectivity index (χ3v) is 4.79.